The summed E-state index contributed by atoms with van der Waals surface area (Å²) in [6.45, 7) is 4.70. The van der Waals surface area contributed by atoms with Gasteiger partial charge in [0, 0.05) is 0 Å². The summed E-state index contributed by atoms with van der Waals surface area (Å²) in [5.41, 5.74) is -0.430. The van der Waals surface area contributed by atoms with Crippen molar-refractivity contribution >= 4 is 11.2 Å². The van der Waals surface area contributed by atoms with Crippen LogP contribution in [-0.2, 0) is 0 Å². The molecule has 0 aliphatic carbocycles. The number of nitrogens with one attached hydrogen (secondary N) is 4. The molecule has 86 valence electrons. The van der Waals surface area contributed by atoms with Crippen LogP contribution >= 0.6 is 0 Å². The zero-order chi connectivity index (χ0) is 11.7. The van der Waals surface area contributed by atoms with Gasteiger partial charge in [0.2, 0.25) is 0 Å². The molecule has 0 saturated heterocycles. The van der Waals surface area contributed by atoms with Gasteiger partial charge in [-0.1, -0.05) is 6.92 Å². The lowest BCUT2D eigenvalue weighted by Crippen LogP contribution is -2.21. The van der Waals surface area contributed by atoms with Crippen LogP contribution in [0.25, 0.3) is 11.2 Å². The minimum atomic E-state index is -0.549. The van der Waals surface area contributed by atoms with Crippen molar-refractivity contribution in [2.45, 2.75) is 19.9 Å². The molecular formula is C9H13N5O2. The molecule has 0 amide bonds. The van der Waals surface area contributed by atoms with E-state index in [1.165, 1.54) is 0 Å². The Kier molecular flexibility index (Phi) is 2.61. The number of fused-ring (bicyclic) bond motifs is 1. The summed E-state index contributed by atoms with van der Waals surface area (Å²) in [4.78, 5) is 34.1. The van der Waals surface area contributed by atoms with Crippen LogP contribution in [0, 0.1) is 0 Å². The molecule has 7 heteroatoms. The van der Waals surface area contributed by atoms with Crippen LogP contribution in [-0.4, -0.2) is 26.5 Å². The van der Waals surface area contributed by atoms with E-state index in [2.05, 4.69) is 25.3 Å². The SMILES string of the molecule is CCNC(C)c1nc2[nH]c(=O)[nH]c(=O)c2[nH]1. The fraction of sp³-hybridized carbons (Fsp3) is 0.444. The minimum Gasteiger partial charge on any atom is -0.335 e. The van der Waals surface area contributed by atoms with Gasteiger partial charge in [0.1, 0.15) is 11.3 Å². The van der Waals surface area contributed by atoms with Crippen molar-refractivity contribution in [2.75, 3.05) is 6.54 Å². The predicted molar refractivity (Wildman–Crippen MR) is 59.4 cm³/mol. The first kappa shape index (κ1) is 10.6. The molecule has 7 nitrogen and oxygen atoms in total. The number of aromatic amines is 3. The summed E-state index contributed by atoms with van der Waals surface area (Å²) in [5.74, 6) is 0.629. The minimum absolute atomic E-state index is 0.000280. The molecule has 1 unspecified atom stereocenters. The second-order valence-electron chi connectivity index (χ2n) is 3.53. The Morgan fingerprint density at radius 1 is 1.31 bits per heavy atom. The number of hydrogen-bond acceptors (Lipinski definition) is 4. The van der Waals surface area contributed by atoms with E-state index in [9.17, 15) is 9.59 Å². The lowest BCUT2D eigenvalue weighted by atomic mass is 10.3. The highest BCUT2D eigenvalue weighted by atomic mass is 16.2. The molecule has 0 bridgehead atoms. The second-order valence-corrected chi connectivity index (χ2v) is 3.53. The molecule has 1 atom stereocenters. The van der Waals surface area contributed by atoms with Crippen LogP contribution < -0.4 is 16.6 Å². The third-order valence-electron chi connectivity index (χ3n) is 2.33. The Hall–Kier alpha value is -1.89. The number of nitrogens with zero attached hydrogens (tertiary/aromatic N) is 1. The largest absolute Gasteiger partial charge is 0.335 e. The van der Waals surface area contributed by atoms with E-state index in [0.29, 0.717) is 11.3 Å². The van der Waals surface area contributed by atoms with Crippen LogP contribution in [0.4, 0.5) is 0 Å². The molecule has 0 radical (unpaired) electrons. The molecule has 2 aromatic heterocycles. The van der Waals surface area contributed by atoms with Gasteiger partial charge in [-0.25, -0.2) is 9.78 Å². The number of imidazole rings is 1. The number of hydrogen-bond donors (Lipinski definition) is 4. The first-order valence-electron chi connectivity index (χ1n) is 5.07. The summed E-state index contributed by atoms with van der Waals surface area (Å²) in [7, 11) is 0. The van der Waals surface area contributed by atoms with E-state index in [1.54, 1.807) is 0 Å². The molecule has 0 aromatic carbocycles. The van der Waals surface area contributed by atoms with Gasteiger partial charge in [0.25, 0.3) is 5.56 Å². The standard InChI is InChI=1S/C9H13N5O2/c1-3-10-4(2)6-11-5-7(12-6)13-9(16)14-8(5)15/h4,10H,3H2,1-2H3,(H3,11,12,13,14,15,16). The monoisotopic (exact) mass is 223 g/mol. The Morgan fingerprint density at radius 2 is 2.06 bits per heavy atom. The first-order valence-corrected chi connectivity index (χ1v) is 5.07. The molecule has 16 heavy (non-hydrogen) atoms. The van der Waals surface area contributed by atoms with E-state index in [1.807, 2.05) is 13.8 Å². The highest BCUT2D eigenvalue weighted by molar-refractivity contribution is 5.68. The predicted octanol–water partition coefficient (Wildman–Crippen LogP) is -0.390. The molecule has 0 aliphatic rings. The average molecular weight is 223 g/mol. The van der Waals surface area contributed by atoms with Crippen molar-refractivity contribution in [2.24, 2.45) is 0 Å². The molecule has 0 spiro atoms. The highest BCUT2D eigenvalue weighted by Gasteiger charge is 2.11. The van der Waals surface area contributed by atoms with E-state index in [4.69, 9.17) is 0 Å². The van der Waals surface area contributed by atoms with E-state index in [-0.39, 0.29) is 11.7 Å². The molecule has 2 rings (SSSR count). The molecule has 2 aromatic rings. The van der Waals surface area contributed by atoms with Crippen molar-refractivity contribution in [3.05, 3.63) is 26.7 Å². The van der Waals surface area contributed by atoms with Crippen molar-refractivity contribution < 1.29 is 0 Å². The van der Waals surface area contributed by atoms with Crippen molar-refractivity contribution in [1.29, 1.82) is 0 Å². The third-order valence-corrected chi connectivity index (χ3v) is 2.33. The van der Waals surface area contributed by atoms with Crippen LogP contribution in [0.3, 0.4) is 0 Å². The summed E-state index contributed by atoms with van der Waals surface area (Å²) in [6, 6.07) is 0.000280. The summed E-state index contributed by atoms with van der Waals surface area (Å²) in [6.07, 6.45) is 0. The lowest BCUT2D eigenvalue weighted by molar-refractivity contribution is 0.573. The summed E-state index contributed by atoms with van der Waals surface area (Å²) >= 11 is 0. The van der Waals surface area contributed by atoms with Gasteiger partial charge in [-0.3, -0.25) is 14.8 Å². The van der Waals surface area contributed by atoms with Gasteiger partial charge in [-0.05, 0) is 13.5 Å². The molecular weight excluding hydrogens is 210 g/mol. The Bertz CT molecular complexity index is 608. The van der Waals surface area contributed by atoms with Crippen molar-refractivity contribution in [3.63, 3.8) is 0 Å². The first-order chi connectivity index (χ1) is 7.61. The fourth-order valence-electron chi connectivity index (χ4n) is 1.56. The quantitative estimate of drug-likeness (QED) is 0.568. The number of H-pyrrole nitrogens is 3. The van der Waals surface area contributed by atoms with E-state index in [0.717, 1.165) is 6.54 Å². The van der Waals surface area contributed by atoms with Crippen LogP contribution in [0.5, 0.6) is 0 Å². The van der Waals surface area contributed by atoms with Crippen LogP contribution in [0.1, 0.15) is 25.7 Å². The van der Waals surface area contributed by atoms with Gasteiger partial charge < -0.3 is 10.3 Å². The van der Waals surface area contributed by atoms with Crippen molar-refractivity contribution in [1.82, 2.24) is 25.3 Å². The summed E-state index contributed by atoms with van der Waals surface area (Å²) < 4.78 is 0. The average Bonchev–Trinajstić information content (AvgIpc) is 2.62. The van der Waals surface area contributed by atoms with Crippen LogP contribution in [0.15, 0.2) is 9.59 Å². The number of aromatic nitrogens is 4. The maximum absolute atomic E-state index is 11.4. The Morgan fingerprint density at radius 3 is 2.75 bits per heavy atom. The lowest BCUT2D eigenvalue weighted by Gasteiger charge is -2.07. The molecule has 0 aliphatic heterocycles. The topological polar surface area (TPSA) is 106 Å². The van der Waals surface area contributed by atoms with E-state index >= 15 is 0 Å². The number of rotatable bonds is 3. The zero-order valence-corrected chi connectivity index (χ0v) is 9.05. The molecule has 0 fully saturated rings. The Labute approximate surface area is 90.3 Å². The molecule has 4 N–H and O–H groups in total. The Balaban J connectivity index is 2.56. The highest BCUT2D eigenvalue weighted by Crippen LogP contribution is 2.09. The van der Waals surface area contributed by atoms with Gasteiger partial charge in [-0.15, -0.1) is 0 Å². The smallest absolute Gasteiger partial charge is 0.327 e. The second kappa shape index (κ2) is 3.93. The third kappa shape index (κ3) is 1.76. The maximum atomic E-state index is 11.4. The molecule has 2 heterocycles. The normalized spacial score (nSPS) is 13.1. The fourth-order valence-corrected chi connectivity index (χ4v) is 1.56. The van der Waals surface area contributed by atoms with Gasteiger partial charge in [0.15, 0.2) is 5.65 Å². The molecule has 0 saturated carbocycles. The van der Waals surface area contributed by atoms with Crippen molar-refractivity contribution in [3.8, 4) is 0 Å². The summed E-state index contributed by atoms with van der Waals surface area (Å²) in [5, 5.41) is 3.16. The van der Waals surface area contributed by atoms with E-state index < -0.39 is 11.2 Å². The van der Waals surface area contributed by atoms with Crippen LogP contribution in [0.2, 0.25) is 0 Å². The zero-order valence-electron chi connectivity index (χ0n) is 9.05. The van der Waals surface area contributed by atoms with Gasteiger partial charge >= 0.3 is 5.69 Å². The van der Waals surface area contributed by atoms with Gasteiger partial charge in [0.05, 0.1) is 6.04 Å². The van der Waals surface area contributed by atoms with Gasteiger partial charge in [-0.2, -0.15) is 0 Å². The maximum Gasteiger partial charge on any atom is 0.327 e.